The topological polar surface area (TPSA) is 52.1 Å². The molecule has 3 aromatic rings. The van der Waals surface area contributed by atoms with E-state index in [0.717, 1.165) is 42.3 Å². The monoisotopic (exact) mass is 427 g/mol. The van der Waals surface area contributed by atoms with Crippen molar-refractivity contribution in [2.24, 2.45) is 5.92 Å². The van der Waals surface area contributed by atoms with Gasteiger partial charge in [-0.15, -0.1) is 0 Å². The second-order valence-electron chi connectivity index (χ2n) is 8.98. The molecule has 4 rings (SSSR count). The smallest absolute Gasteiger partial charge is 0.123 e. The Morgan fingerprint density at radius 2 is 2.10 bits per heavy atom. The van der Waals surface area contributed by atoms with Crippen LogP contribution in [0.3, 0.4) is 0 Å². The lowest BCUT2D eigenvalue weighted by atomic mass is 9.66. The van der Waals surface area contributed by atoms with Crippen molar-refractivity contribution in [1.82, 2.24) is 14.9 Å². The van der Waals surface area contributed by atoms with Gasteiger partial charge < -0.3 is 15.0 Å². The van der Waals surface area contributed by atoms with E-state index in [1.165, 1.54) is 12.1 Å². The maximum Gasteiger partial charge on any atom is 0.123 e. The minimum Gasteiger partial charge on any atom is -0.389 e. The van der Waals surface area contributed by atoms with Crippen LogP contribution >= 0.6 is 0 Å². The number of rotatable bonds is 8. The van der Waals surface area contributed by atoms with Crippen molar-refractivity contribution in [1.29, 1.82) is 0 Å². The molecule has 31 heavy (non-hydrogen) atoms. The minimum absolute atomic E-state index is 0.00920. The number of para-hydroxylation sites is 2. The number of aromatic amines is 1. The molecule has 2 aromatic carbocycles. The number of benzene rings is 2. The first-order valence-corrected chi connectivity index (χ1v) is 11.0. The fourth-order valence-corrected chi connectivity index (χ4v) is 4.66. The van der Waals surface area contributed by atoms with Crippen LogP contribution in [-0.4, -0.2) is 45.7 Å². The van der Waals surface area contributed by atoms with Gasteiger partial charge in [0, 0.05) is 24.4 Å². The third-order valence-electron chi connectivity index (χ3n) is 6.21. The zero-order valence-corrected chi connectivity index (χ0v) is 18.5. The van der Waals surface area contributed by atoms with Crippen LogP contribution in [0.4, 0.5) is 4.39 Å². The molecule has 2 atom stereocenters. The highest BCUT2D eigenvalue weighted by Crippen LogP contribution is 2.45. The maximum atomic E-state index is 14.0. The van der Waals surface area contributed by atoms with E-state index in [-0.39, 0.29) is 17.9 Å². The van der Waals surface area contributed by atoms with Gasteiger partial charge in [0.25, 0.3) is 0 Å². The molecule has 1 aliphatic carbocycles. The molecule has 0 unspecified atom stereocenters. The predicted octanol–water partition coefficient (Wildman–Crippen LogP) is 5.07. The van der Waals surface area contributed by atoms with Crippen LogP contribution in [0.1, 0.15) is 61.4 Å². The summed E-state index contributed by atoms with van der Waals surface area (Å²) < 4.78 is 48.6. The van der Waals surface area contributed by atoms with Gasteiger partial charge >= 0.3 is 0 Å². The van der Waals surface area contributed by atoms with Crippen LogP contribution in [0.15, 0.2) is 42.5 Å². The van der Waals surface area contributed by atoms with Crippen molar-refractivity contribution in [3.8, 4) is 0 Å². The van der Waals surface area contributed by atoms with Gasteiger partial charge in [-0.25, -0.2) is 9.37 Å². The number of nitrogens with one attached hydrogen (secondary N) is 1. The average Bonchev–Trinajstić information content (AvgIpc) is 3.20. The zero-order chi connectivity index (χ0) is 25.6. The molecule has 2 N–H and O–H groups in total. The average molecular weight is 428 g/mol. The normalized spacial score (nSPS) is 26.4. The number of nitrogens with zero attached hydrogens (tertiary/aromatic N) is 2. The summed E-state index contributed by atoms with van der Waals surface area (Å²) >= 11 is 0. The summed E-state index contributed by atoms with van der Waals surface area (Å²) in [6.45, 7) is 4.89. The third-order valence-corrected chi connectivity index (χ3v) is 6.21. The maximum absolute atomic E-state index is 14.0. The molecule has 4 nitrogen and oxygen atoms in total. The summed E-state index contributed by atoms with van der Waals surface area (Å²) in [5, 5.41) is 11.9. The van der Waals surface area contributed by atoms with Crippen LogP contribution in [0, 0.1) is 11.7 Å². The summed E-state index contributed by atoms with van der Waals surface area (Å²) in [6, 6.07) is 11.7. The molecule has 5 heteroatoms. The van der Waals surface area contributed by atoms with E-state index < -0.39 is 30.1 Å². The Morgan fingerprint density at radius 3 is 2.87 bits per heavy atom. The number of halogens is 1. The fourth-order valence-electron chi connectivity index (χ4n) is 4.66. The lowest BCUT2D eigenvalue weighted by molar-refractivity contribution is -0.0301. The Morgan fingerprint density at radius 1 is 1.29 bits per heavy atom. The lowest BCUT2D eigenvalue weighted by Crippen LogP contribution is -2.45. The second kappa shape index (κ2) is 9.09. The van der Waals surface area contributed by atoms with E-state index in [4.69, 9.17) is 5.48 Å². The molecule has 0 radical (unpaired) electrons. The van der Waals surface area contributed by atoms with Crippen molar-refractivity contribution in [2.75, 3.05) is 20.1 Å². The number of hydrogen-bond donors (Lipinski definition) is 2. The van der Waals surface area contributed by atoms with Crippen LogP contribution in [0.5, 0.6) is 0 Å². The van der Waals surface area contributed by atoms with E-state index in [1.807, 2.05) is 50.1 Å². The van der Waals surface area contributed by atoms with E-state index in [9.17, 15) is 9.50 Å². The molecule has 0 bridgehead atoms. The number of aromatic nitrogens is 2. The standard InChI is InChI=1S/C26H34FN3O/c1-18(2)25-21-11-10-20(27)17-19(21)12-13-26(25,31)14-16-30(3)15-6-9-24-28-22-7-4-5-8-23(22)29-24/h4-5,7-8,10-11,17-18,25,31H,6,9,12-16H2,1-3H3,(H,28,29)/t25-,26-/m0/s1/i12D2,13D2. The molecule has 0 saturated carbocycles. The number of hydrogen-bond acceptors (Lipinski definition) is 3. The quantitative estimate of drug-likeness (QED) is 0.527. The summed E-state index contributed by atoms with van der Waals surface area (Å²) in [4.78, 5) is 9.95. The first kappa shape index (κ1) is 17.3. The number of H-pyrrole nitrogens is 1. The molecular formula is C26H34FN3O. The molecule has 1 heterocycles. The van der Waals surface area contributed by atoms with Gasteiger partial charge in [0.2, 0.25) is 0 Å². The summed E-state index contributed by atoms with van der Waals surface area (Å²) in [5.74, 6) is -0.533. The van der Waals surface area contributed by atoms with E-state index in [1.54, 1.807) is 0 Å². The Balaban J connectivity index is 1.48. The molecule has 0 aliphatic heterocycles. The first-order chi connectivity index (χ1) is 16.4. The van der Waals surface area contributed by atoms with Crippen LogP contribution in [0.25, 0.3) is 11.0 Å². The Labute approximate surface area is 190 Å². The molecule has 0 saturated heterocycles. The van der Waals surface area contributed by atoms with Gasteiger partial charge in [-0.05, 0) is 80.5 Å². The molecule has 0 spiro atoms. The van der Waals surface area contributed by atoms with Crippen molar-refractivity contribution < 1.29 is 15.0 Å². The number of fused-ring (bicyclic) bond motifs is 2. The molecule has 0 fully saturated rings. The predicted molar refractivity (Wildman–Crippen MR) is 124 cm³/mol. The largest absolute Gasteiger partial charge is 0.389 e. The van der Waals surface area contributed by atoms with E-state index in [0.29, 0.717) is 12.1 Å². The minimum atomic E-state index is -2.61. The number of aryl methyl sites for hydroxylation is 2. The molecule has 0 amide bonds. The van der Waals surface area contributed by atoms with Gasteiger partial charge in [0.15, 0.2) is 0 Å². The van der Waals surface area contributed by atoms with Crippen LogP contribution in [-0.2, 0) is 12.8 Å². The molecular weight excluding hydrogens is 389 g/mol. The summed E-state index contributed by atoms with van der Waals surface area (Å²) in [7, 11) is 1.92. The van der Waals surface area contributed by atoms with Gasteiger partial charge in [0.05, 0.1) is 16.6 Å². The lowest BCUT2D eigenvalue weighted by Gasteiger charge is -2.44. The number of aliphatic hydroxyl groups is 1. The van der Waals surface area contributed by atoms with E-state index in [2.05, 4.69) is 9.97 Å². The summed E-state index contributed by atoms with van der Waals surface area (Å²) in [6.07, 6.45) is -3.49. The molecule has 1 aromatic heterocycles. The van der Waals surface area contributed by atoms with Gasteiger partial charge in [0.1, 0.15) is 11.6 Å². The van der Waals surface area contributed by atoms with Gasteiger partial charge in [-0.3, -0.25) is 0 Å². The highest BCUT2D eigenvalue weighted by Gasteiger charge is 2.43. The third kappa shape index (κ3) is 4.83. The Hall–Kier alpha value is -2.24. The van der Waals surface area contributed by atoms with Crippen molar-refractivity contribution in [2.45, 2.75) is 57.4 Å². The highest BCUT2D eigenvalue weighted by molar-refractivity contribution is 5.74. The Bertz CT molecular complexity index is 1170. The van der Waals surface area contributed by atoms with E-state index >= 15 is 0 Å². The number of imidazole rings is 1. The van der Waals surface area contributed by atoms with Crippen molar-refractivity contribution >= 4 is 11.0 Å². The molecule has 1 aliphatic rings. The van der Waals surface area contributed by atoms with Gasteiger partial charge in [-0.2, -0.15) is 0 Å². The Kier molecular flexibility index (Phi) is 5.08. The van der Waals surface area contributed by atoms with Crippen molar-refractivity contribution in [3.63, 3.8) is 0 Å². The SMILES string of the molecule is [2H]C1([2H])c2cc(F)ccc2[C@H](C(C)C)[C@@](O)(CCN(C)CCCc2nc3ccccc3[nH]2)C1([2H])[2H]. The second-order valence-corrected chi connectivity index (χ2v) is 8.98. The van der Waals surface area contributed by atoms with Crippen LogP contribution < -0.4 is 0 Å². The highest BCUT2D eigenvalue weighted by atomic mass is 19.1. The zero-order valence-electron chi connectivity index (χ0n) is 22.5. The van der Waals surface area contributed by atoms with Crippen LogP contribution in [0.2, 0.25) is 0 Å². The molecule has 166 valence electrons. The first-order valence-electron chi connectivity index (χ1n) is 13.0. The van der Waals surface area contributed by atoms with Crippen molar-refractivity contribution in [3.05, 3.63) is 65.2 Å². The fraction of sp³-hybridized carbons (Fsp3) is 0.500. The van der Waals surface area contributed by atoms with Gasteiger partial charge in [-0.1, -0.05) is 32.0 Å². The summed E-state index contributed by atoms with van der Waals surface area (Å²) in [5.41, 5.74) is 0.461.